The summed E-state index contributed by atoms with van der Waals surface area (Å²) < 4.78 is 15.7. The number of carbonyl (C=O) groups is 4. The number of carbonyl (C=O) groups excluding carboxylic acids is 4. The highest BCUT2D eigenvalue weighted by Gasteiger charge is 2.39. The van der Waals surface area contributed by atoms with E-state index in [4.69, 9.17) is 19.3 Å². The smallest absolute Gasteiger partial charge is 0.323 e. The van der Waals surface area contributed by atoms with E-state index in [1.165, 1.54) is 26.3 Å². The van der Waals surface area contributed by atoms with Crippen molar-refractivity contribution in [2.75, 3.05) is 26.3 Å². The Labute approximate surface area is 186 Å². The van der Waals surface area contributed by atoms with Crippen LogP contribution in [0.25, 0.3) is 0 Å². The Kier molecular flexibility index (Phi) is 12.6. The molecule has 12 nitrogen and oxygen atoms in total. The summed E-state index contributed by atoms with van der Waals surface area (Å²) in [4.78, 5) is 51.2. The van der Waals surface area contributed by atoms with E-state index in [2.05, 4.69) is 20.9 Å². The van der Waals surface area contributed by atoms with Crippen LogP contribution in [0.4, 0.5) is 4.79 Å². The summed E-state index contributed by atoms with van der Waals surface area (Å²) in [6, 6.07) is -0.829. The predicted molar refractivity (Wildman–Crippen MR) is 114 cm³/mol. The second kappa shape index (κ2) is 14.9. The molecular formula is C20H32N4O8. The van der Waals surface area contributed by atoms with E-state index in [0.29, 0.717) is 6.54 Å². The minimum Gasteiger partial charge on any atom is -0.463 e. The van der Waals surface area contributed by atoms with E-state index in [9.17, 15) is 19.2 Å². The van der Waals surface area contributed by atoms with Gasteiger partial charge in [-0.3, -0.25) is 24.7 Å². The lowest BCUT2D eigenvalue weighted by Gasteiger charge is -2.17. The number of hydrogen-bond acceptors (Lipinski definition) is 10. The van der Waals surface area contributed by atoms with Gasteiger partial charge in [-0.15, -0.1) is 0 Å². The fraction of sp³-hybridized carbons (Fsp3) is 0.650. The van der Waals surface area contributed by atoms with Gasteiger partial charge in [0, 0.05) is 45.8 Å². The van der Waals surface area contributed by atoms with Crippen LogP contribution in [0.3, 0.4) is 0 Å². The first kappa shape index (κ1) is 27.0. The average molecular weight is 456 g/mol. The Morgan fingerprint density at radius 2 is 1.97 bits per heavy atom. The predicted octanol–water partition coefficient (Wildman–Crippen LogP) is -0.241. The molecule has 32 heavy (non-hydrogen) atoms. The molecule has 0 aromatic heterocycles. The van der Waals surface area contributed by atoms with Crippen molar-refractivity contribution in [2.24, 2.45) is 4.99 Å². The number of aliphatic hydroxyl groups excluding tert-OH is 1. The van der Waals surface area contributed by atoms with Gasteiger partial charge in [-0.2, -0.15) is 0 Å². The number of imide groups is 1. The second-order valence-corrected chi connectivity index (χ2v) is 6.94. The third-order valence-corrected chi connectivity index (χ3v) is 4.13. The maximum atomic E-state index is 12.4. The maximum Gasteiger partial charge on any atom is 0.323 e. The molecule has 1 rings (SSSR count). The van der Waals surface area contributed by atoms with Crippen molar-refractivity contribution in [1.82, 2.24) is 16.0 Å². The second-order valence-electron chi connectivity index (χ2n) is 6.94. The van der Waals surface area contributed by atoms with E-state index in [0.717, 1.165) is 12.8 Å². The fourth-order valence-electron chi connectivity index (χ4n) is 2.67. The SMILES string of the molecule is CCCCN=C/C(=C/NCCO)C(=O)NC(=O)N[C@H]1C[C@H](OC(C)=O)[C@@H](COC(C)=O)O1. The van der Waals surface area contributed by atoms with Crippen molar-refractivity contribution < 1.29 is 38.5 Å². The monoisotopic (exact) mass is 456 g/mol. The zero-order chi connectivity index (χ0) is 23.9. The number of rotatable bonds is 12. The van der Waals surface area contributed by atoms with Gasteiger partial charge >= 0.3 is 18.0 Å². The van der Waals surface area contributed by atoms with Gasteiger partial charge < -0.3 is 30.0 Å². The Hall–Kier alpha value is -2.99. The van der Waals surface area contributed by atoms with Crippen LogP contribution in [0.2, 0.25) is 0 Å². The number of nitrogens with one attached hydrogen (secondary N) is 3. The third-order valence-electron chi connectivity index (χ3n) is 4.13. The zero-order valence-corrected chi connectivity index (χ0v) is 18.6. The number of urea groups is 1. The van der Waals surface area contributed by atoms with Crippen molar-refractivity contribution in [3.63, 3.8) is 0 Å². The highest BCUT2D eigenvalue weighted by Crippen LogP contribution is 2.22. The van der Waals surface area contributed by atoms with E-state index in [1.54, 1.807) is 0 Å². The molecule has 0 aromatic rings. The van der Waals surface area contributed by atoms with Crippen LogP contribution in [0.1, 0.15) is 40.0 Å². The molecule has 0 radical (unpaired) electrons. The largest absolute Gasteiger partial charge is 0.463 e. The number of aliphatic imine (C=N–C) groups is 1. The number of esters is 2. The summed E-state index contributed by atoms with van der Waals surface area (Å²) in [6.07, 6.45) is 2.27. The molecule has 12 heteroatoms. The van der Waals surface area contributed by atoms with E-state index in [1.807, 2.05) is 6.92 Å². The normalized spacial score (nSPS) is 20.6. The topological polar surface area (TPSA) is 165 Å². The van der Waals surface area contributed by atoms with Gasteiger partial charge in [0.25, 0.3) is 5.91 Å². The van der Waals surface area contributed by atoms with Crippen LogP contribution in [0, 0.1) is 0 Å². The Balaban J connectivity index is 2.68. The van der Waals surface area contributed by atoms with Gasteiger partial charge in [0.1, 0.15) is 25.0 Å². The third kappa shape index (κ3) is 10.9. The number of unbranched alkanes of at least 4 members (excludes halogenated alkanes) is 1. The molecule has 180 valence electrons. The molecule has 0 aromatic carbocycles. The summed E-state index contributed by atoms with van der Waals surface area (Å²) in [7, 11) is 0. The van der Waals surface area contributed by atoms with Crippen molar-refractivity contribution in [3.05, 3.63) is 11.8 Å². The van der Waals surface area contributed by atoms with Crippen molar-refractivity contribution in [3.8, 4) is 0 Å². The standard InChI is InChI=1S/C20H32N4O8/c1-4-5-6-21-10-15(11-22-7-8-25)19(28)24-20(29)23-18-9-16(31-14(3)27)17(32-18)12-30-13(2)26/h10-11,16-18,22,25H,4-9,12H2,1-3H3,(H2,23,24,28,29)/b15-11-,21-10?/t16-,17+,18+/m0/s1. The van der Waals surface area contributed by atoms with E-state index >= 15 is 0 Å². The molecule has 0 aliphatic carbocycles. The molecule has 1 aliphatic rings. The molecule has 3 amide bonds. The van der Waals surface area contributed by atoms with Crippen LogP contribution in [-0.2, 0) is 28.6 Å². The molecule has 4 N–H and O–H groups in total. The fourth-order valence-corrected chi connectivity index (χ4v) is 2.67. The zero-order valence-electron chi connectivity index (χ0n) is 18.6. The van der Waals surface area contributed by atoms with Gasteiger partial charge in [0.15, 0.2) is 0 Å². The molecular weight excluding hydrogens is 424 g/mol. The van der Waals surface area contributed by atoms with Crippen LogP contribution in [0.15, 0.2) is 16.8 Å². The Morgan fingerprint density at radius 3 is 2.59 bits per heavy atom. The van der Waals surface area contributed by atoms with Gasteiger partial charge in [-0.25, -0.2) is 4.79 Å². The molecule has 0 bridgehead atoms. The van der Waals surface area contributed by atoms with Crippen LogP contribution in [0.5, 0.6) is 0 Å². The summed E-state index contributed by atoms with van der Waals surface area (Å²) in [5, 5.41) is 16.3. The first-order chi connectivity index (χ1) is 15.3. The molecule has 1 saturated heterocycles. The molecule has 3 atom stereocenters. The molecule has 1 aliphatic heterocycles. The number of nitrogens with zero attached hydrogens (tertiary/aromatic N) is 1. The summed E-state index contributed by atoms with van der Waals surface area (Å²) in [5.41, 5.74) is 0.0996. The average Bonchev–Trinajstić information content (AvgIpc) is 3.08. The Bertz CT molecular complexity index is 710. The summed E-state index contributed by atoms with van der Waals surface area (Å²) in [5.74, 6) is -1.77. The number of hydrogen-bond donors (Lipinski definition) is 4. The maximum absolute atomic E-state index is 12.4. The number of amides is 3. The lowest BCUT2D eigenvalue weighted by molar-refractivity contribution is -0.155. The molecule has 0 spiro atoms. The first-order valence-electron chi connectivity index (χ1n) is 10.4. The minimum absolute atomic E-state index is 0.0996. The van der Waals surface area contributed by atoms with Gasteiger partial charge in [0.05, 0.1) is 12.2 Å². The highest BCUT2D eigenvalue weighted by atomic mass is 16.6. The molecule has 1 heterocycles. The highest BCUT2D eigenvalue weighted by molar-refractivity contribution is 6.16. The van der Waals surface area contributed by atoms with Crippen molar-refractivity contribution >= 4 is 30.1 Å². The van der Waals surface area contributed by atoms with Gasteiger partial charge in [-0.1, -0.05) is 13.3 Å². The van der Waals surface area contributed by atoms with Gasteiger partial charge in [0.2, 0.25) is 0 Å². The lowest BCUT2D eigenvalue weighted by Crippen LogP contribution is -2.45. The number of ether oxygens (including phenoxy) is 3. The first-order valence-corrected chi connectivity index (χ1v) is 10.4. The molecule has 0 saturated carbocycles. The molecule has 0 unspecified atom stereocenters. The van der Waals surface area contributed by atoms with E-state index in [-0.39, 0.29) is 31.8 Å². The molecule has 1 fully saturated rings. The van der Waals surface area contributed by atoms with E-state index < -0.39 is 42.3 Å². The quantitative estimate of drug-likeness (QED) is 0.134. The minimum atomic E-state index is -0.870. The summed E-state index contributed by atoms with van der Waals surface area (Å²) >= 11 is 0. The Morgan fingerprint density at radius 1 is 1.22 bits per heavy atom. The van der Waals surface area contributed by atoms with Crippen molar-refractivity contribution in [1.29, 1.82) is 0 Å². The van der Waals surface area contributed by atoms with Gasteiger partial charge in [-0.05, 0) is 6.42 Å². The summed E-state index contributed by atoms with van der Waals surface area (Å²) in [6.45, 7) is 4.96. The number of aliphatic hydroxyl groups is 1. The van der Waals surface area contributed by atoms with Crippen LogP contribution >= 0.6 is 0 Å². The van der Waals surface area contributed by atoms with Crippen LogP contribution in [-0.4, -0.2) is 79.9 Å². The van der Waals surface area contributed by atoms with Crippen molar-refractivity contribution in [2.45, 2.75) is 58.5 Å². The van der Waals surface area contributed by atoms with Crippen LogP contribution < -0.4 is 16.0 Å². The lowest BCUT2D eigenvalue weighted by atomic mass is 10.2.